The van der Waals surface area contributed by atoms with Gasteiger partial charge in [-0.1, -0.05) is 13.8 Å². The highest BCUT2D eigenvalue weighted by molar-refractivity contribution is 4.96. The molecule has 2 aliphatic rings. The minimum atomic E-state index is 0.378. The highest BCUT2D eigenvalue weighted by Crippen LogP contribution is 2.46. The van der Waals surface area contributed by atoms with Crippen molar-refractivity contribution in [2.45, 2.75) is 53.0 Å². The van der Waals surface area contributed by atoms with Gasteiger partial charge in [-0.05, 0) is 57.3 Å². The van der Waals surface area contributed by atoms with E-state index in [0.717, 1.165) is 23.7 Å². The summed E-state index contributed by atoms with van der Waals surface area (Å²) in [6.45, 7) is 14.6. The van der Waals surface area contributed by atoms with Gasteiger partial charge in [0.05, 0.1) is 0 Å². The van der Waals surface area contributed by atoms with E-state index in [2.05, 4.69) is 39.5 Å². The van der Waals surface area contributed by atoms with Crippen LogP contribution in [0.2, 0.25) is 0 Å². The molecule has 2 atom stereocenters. The number of fused-ring (bicyclic) bond motifs is 2. The lowest BCUT2D eigenvalue weighted by Gasteiger charge is -2.46. The molecule has 0 amide bonds. The Balaban J connectivity index is 2.08. The van der Waals surface area contributed by atoms with Crippen molar-refractivity contribution in [3.63, 3.8) is 0 Å². The third-order valence-electron chi connectivity index (χ3n) is 4.63. The molecule has 0 aromatic rings. The first-order chi connectivity index (χ1) is 6.89. The van der Waals surface area contributed by atoms with Gasteiger partial charge in [-0.15, -0.1) is 0 Å². The summed E-state index contributed by atoms with van der Waals surface area (Å²) >= 11 is 0. The fourth-order valence-corrected chi connectivity index (χ4v) is 3.90. The highest BCUT2D eigenvalue weighted by atomic mass is 15.2. The molecule has 2 fully saturated rings. The first-order valence-electron chi connectivity index (χ1n) is 6.64. The first kappa shape index (κ1) is 11.4. The van der Waals surface area contributed by atoms with E-state index in [0.29, 0.717) is 5.54 Å². The van der Waals surface area contributed by atoms with E-state index in [4.69, 9.17) is 0 Å². The molecule has 2 unspecified atom stereocenters. The average molecular weight is 209 g/mol. The summed E-state index contributed by atoms with van der Waals surface area (Å²) in [5.41, 5.74) is 0.378. The molecule has 1 heteroatoms. The average Bonchev–Trinajstić information content (AvgIpc) is 2.35. The molecule has 88 valence electrons. The largest absolute Gasteiger partial charge is 0.298 e. The lowest BCUT2D eigenvalue weighted by Crippen LogP contribution is -2.51. The molecule has 0 N–H and O–H groups in total. The van der Waals surface area contributed by atoms with E-state index < -0.39 is 0 Å². The van der Waals surface area contributed by atoms with E-state index >= 15 is 0 Å². The molecule has 0 radical (unpaired) electrons. The molecule has 1 saturated heterocycles. The number of hydrogen-bond donors (Lipinski definition) is 0. The van der Waals surface area contributed by atoms with E-state index in [1.165, 1.54) is 25.9 Å². The Morgan fingerprint density at radius 3 is 1.80 bits per heavy atom. The molecule has 1 nitrogen and oxygen atoms in total. The predicted molar refractivity (Wildman–Crippen MR) is 65.9 cm³/mol. The summed E-state index contributed by atoms with van der Waals surface area (Å²) in [5.74, 6) is 3.89. The normalized spacial score (nSPS) is 37.6. The van der Waals surface area contributed by atoms with Crippen molar-refractivity contribution in [1.82, 2.24) is 4.90 Å². The van der Waals surface area contributed by atoms with Crippen LogP contribution >= 0.6 is 0 Å². The number of nitrogens with zero attached hydrogens (tertiary/aromatic N) is 1. The first-order valence-corrected chi connectivity index (χ1v) is 6.64. The van der Waals surface area contributed by atoms with Crippen molar-refractivity contribution in [2.24, 2.45) is 23.7 Å². The SMILES string of the molecule is CC(C)C1C2CCC1CN(C(C)(C)C)C2. The summed E-state index contributed by atoms with van der Waals surface area (Å²) in [5, 5.41) is 0. The Hall–Kier alpha value is -0.0400. The van der Waals surface area contributed by atoms with E-state index in [-0.39, 0.29) is 0 Å². The van der Waals surface area contributed by atoms with Crippen molar-refractivity contribution in [1.29, 1.82) is 0 Å². The lowest BCUT2D eigenvalue weighted by molar-refractivity contribution is 0.0229. The van der Waals surface area contributed by atoms with Gasteiger partial charge in [-0.3, -0.25) is 4.90 Å². The Kier molecular flexibility index (Phi) is 2.87. The molecule has 1 heterocycles. The number of hydrogen-bond acceptors (Lipinski definition) is 1. The summed E-state index contributed by atoms with van der Waals surface area (Å²) in [7, 11) is 0. The van der Waals surface area contributed by atoms with Crippen LogP contribution in [0.5, 0.6) is 0 Å². The second-order valence-electron chi connectivity index (χ2n) is 6.99. The molecular formula is C14H27N. The van der Waals surface area contributed by atoms with Crippen LogP contribution in [0.25, 0.3) is 0 Å². The number of likely N-dealkylation sites (tertiary alicyclic amines) is 1. The zero-order valence-corrected chi connectivity index (χ0v) is 11.1. The van der Waals surface area contributed by atoms with Gasteiger partial charge in [0, 0.05) is 18.6 Å². The van der Waals surface area contributed by atoms with Gasteiger partial charge in [-0.2, -0.15) is 0 Å². The maximum atomic E-state index is 2.72. The van der Waals surface area contributed by atoms with Gasteiger partial charge < -0.3 is 0 Å². The molecular weight excluding hydrogens is 182 g/mol. The fraction of sp³-hybridized carbons (Fsp3) is 1.00. The van der Waals surface area contributed by atoms with E-state index in [1.807, 2.05) is 0 Å². The Morgan fingerprint density at radius 2 is 1.47 bits per heavy atom. The maximum Gasteiger partial charge on any atom is 0.0125 e. The molecule has 1 aliphatic heterocycles. The van der Waals surface area contributed by atoms with Crippen molar-refractivity contribution in [3.8, 4) is 0 Å². The van der Waals surface area contributed by atoms with Crippen LogP contribution in [-0.2, 0) is 0 Å². The van der Waals surface area contributed by atoms with Crippen molar-refractivity contribution >= 4 is 0 Å². The molecule has 0 spiro atoms. The summed E-state index contributed by atoms with van der Waals surface area (Å²) in [4.78, 5) is 2.72. The van der Waals surface area contributed by atoms with Crippen LogP contribution in [0.3, 0.4) is 0 Å². The second kappa shape index (κ2) is 3.76. The summed E-state index contributed by atoms with van der Waals surface area (Å²) < 4.78 is 0. The quantitative estimate of drug-likeness (QED) is 0.640. The number of rotatable bonds is 1. The van der Waals surface area contributed by atoms with E-state index in [1.54, 1.807) is 0 Å². The molecule has 2 bridgehead atoms. The van der Waals surface area contributed by atoms with Crippen LogP contribution in [0.4, 0.5) is 0 Å². The molecule has 0 aromatic carbocycles. The van der Waals surface area contributed by atoms with Crippen LogP contribution in [0.1, 0.15) is 47.5 Å². The summed E-state index contributed by atoms with van der Waals surface area (Å²) in [6, 6.07) is 0. The van der Waals surface area contributed by atoms with Crippen molar-refractivity contribution < 1.29 is 0 Å². The van der Waals surface area contributed by atoms with Crippen LogP contribution < -0.4 is 0 Å². The topological polar surface area (TPSA) is 3.24 Å². The fourth-order valence-electron chi connectivity index (χ4n) is 3.90. The maximum absolute atomic E-state index is 2.72. The minimum Gasteiger partial charge on any atom is -0.298 e. The van der Waals surface area contributed by atoms with Gasteiger partial charge >= 0.3 is 0 Å². The van der Waals surface area contributed by atoms with Crippen LogP contribution in [-0.4, -0.2) is 23.5 Å². The Bertz CT molecular complexity index is 212. The molecule has 1 aliphatic carbocycles. The third-order valence-corrected chi connectivity index (χ3v) is 4.63. The van der Waals surface area contributed by atoms with Gasteiger partial charge in [-0.25, -0.2) is 0 Å². The zero-order valence-electron chi connectivity index (χ0n) is 11.1. The molecule has 0 aromatic heterocycles. The zero-order chi connectivity index (χ0) is 11.2. The molecule has 15 heavy (non-hydrogen) atoms. The molecule has 1 saturated carbocycles. The van der Waals surface area contributed by atoms with Crippen LogP contribution in [0, 0.1) is 23.7 Å². The van der Waals surface area contributed by atoms with Gasteiger partial charge in [0.2, 0.25) is 0 Å². The highest BCUT2D eigenvalue weighted by Gasteiger charge is 2.45. The van der Waals surface area contributed by atoms with Crippen molar-refractivity contribution in [2.75, 3.05) is 13.1 Å². The van der Waals surface area contributed by atoms with Gasteiger partial charge in [0.15, 0.2) is 0 Å². The van der Waals surface area contributed by atoms with Crippen LogP contribution in [0.15, 0.2) is 0 Å². The lowest BCUT2D eigenvalue weighted by atomic mass is 9.76. The summed E-state index contributed by atoms with van der Waals surface area (Å²) in [6.07, 6.45) is 2.97. The number of piperidine rings is 1. The third kappa shape index (κ3) is 2.08. The predicted octanol–water partition coefficient (Wildman–Crippen LogP) is 3.40. The minimum absolute atomic E-state index is 0.378. The second-order valence-corrected chi connectivity index (χ2v) is 6.99. The standard InChI is InChI=1S/C14H27N/c1-10(2)13-11-6-7-12(13)9-15(8-11)14(3,4)5/h10-13H,6-9H2,1-5H3. The Labute approximate surface area is 95.2 Å². The smallest absolute Gasteiger partial charge is 0.0125 e. The molecule has 2 rings (SSSR count). The van der Waals surface area contributed by atoms with Crippen molar-refractivity contribution in [3.05, 3.63) is 0 Å². The monoisotopic (exact) mass is 209 g/mol. The van der Waals surface area contributed by atoms with Gasteiger partial charge in [0.1, 0.15) is 0 Å². The Morgan fingerprint density at radius 1 is 1.00 bits per heavy atom. The van der Waals surface area contributed by atoms with E-state index in [9.17, 15) is 0 Å². The van der Waals surface area contributed by atoms with Gasteiger partial charge in [0.25, 0.3) is 0 Å².